The third kappa shape index (κ3) is 2.72. The molecule has 1 aliphatic rings. The average molecular weight is 303 g/mol. The lowest BCUT2D eigenvalue weighted by Crippen LogP contribution is -2.61. The number of hydrogen-bond donors (Lipinski definition) is 2. The fourth-order valence-corrected chi connectivity index (χ4v) is 3.99. The Balaban J connectivity index is 2.66. The van der Waals surface area contributed by atoms with Crippen molar-refractivity contribution < 1.29 is 4.79 Å². The Morgan fingerprint density at radius 3 is 2.59 bits per heavy atom. The van der Waals surface area contributed by atoms with Gasteiger partial charge in [-0.3, -0.25) is 10.2 Å². The monoisotopic (exact) mass is 303 g/mol. The first-order valence-corrected chi connectivity index (χ1v) is 8.10. The number of anilines is 1. The van der Waals surface area contributed by atoms with Crippen LogP contribution in [-0.2, 0) is 4.79 Å². The standard InChI is InChI=1S/C18H29N3O/c1-11(2)15(17(22)20-19)21-16-12(3)8-7-9-14(16)13(4)10-18(21,5)6/h7-9,11,13,15H,10,19H2,1-6H3,(H,20,22)/t13-,15+/m0/s1. The second-order valence-electron chi connectivity index (χ2n) is 7.50. The van der Waals surface area contributed by atoms with Gasteiger partial charge in [0.2, 0.25) is 0 Å². The molecule has 122 valence electrons. The first-order valence-electron chi connectivity index (χ1n) is 8.10. The van der Waals surface area contributed by atoms with Crippen molar-refractivity contribution in [3.63, 3.8) is 0 Å². The molecule has 3 N–H and O–H groups in total. The maximum Gasteiger partial charge on any atom is 0.256 e. The van der Waals surface area contributed by atoms with Crippen LogP contribution >= 0.6 is 0 Å². The Hall–Kier alpha value is -1.55. The molecular weight excluding hydrogens is 274 g/mol. The Kier molecular flexibility index (Phi) is 4.52. The molecule has 0 fully saturated rings. The molecule has 4 nitrogen and oxygen atoms in total. The summed E-state index contributed by atoms with van der Waals surface area (Å²) in [4.78, 5) is 14.8. The van der Waals surface area contributed by atoms with E-state index in [2.05, 4.69) is 70.1 Å². The van der Waals surface area contributed by atoms with Gasteiger partial charge in [-0.25, -0.2) is 5.84 Å². The fraction of sp³-hybridized carbons (Fsp3) is 0.611. The number of carbonyl (C=O) groups excluding carboxylic acids is 1. The van der Waals surface area contributed by atoms with Crippen LogP contribution in [0.5, 0.6) is 0 Å². The van der Waals surface area contributed by atoms with E-state index in [-0.39, 0.29) is 23.4 Å². The number of rotatable bonds is 3. The molecule has 1 amide bonds. The van der Waals surface area contributed by atoms with E-state index < -0.39 is 0 Å². The topological polar surface area (TPSA) is 58.4 Å². The molecule has 4 heteroatoms. The molecule has 0 aromatic heterocycles. The number of hydrazine groups is 1. The molecule has 1 heterocycles. The van der Waals surface area contributed by atoms with Crippen molar-refractivity contribution in [2.75, 3.05) is 4.90 Å². The lowest BCUT2D eigenvalue weighted by Gasteiger charge is -2.52. The number of nitrogens with one attached hydrogen (secondary N) is 1. The van der Waals surface area contributed by atoms with Crippen LogP contribution < -0.4 is 16.2 Å². The molecule has 0 bridgehead atoms. The largest absolute Gasteiger partial charge is 0.354 e. The van der Waals surface area contributed by atoms with Gasteiger partial charge in [0.1, 0.15) is 6.04 Å². The molecule has 0 radical (unpaired) electrons. The first kappa shape index (κ1) is 16.8. The van der Waals surface area contributed by atoms with Crippen LogP contribution in [0.2, 0.25) is 0 Å². The van der Waals surface area contributed by atoms with E-state index in [4.69, 9.17) is 5.84 Å². The highest BCUT2D eigenvalue weighted by molar-refractivity contribution is 5.86. The summed E-state index contributed by atoms with van der Waals surface area (Å²) in [5.41, 5.74) is 6.01. The number of carbonyl (C=O) groups is 1. The minimum atomic E-state index is -0.271. The van der Waals surface area contributed by atoms with Crippen LogP contribution in [-0.4, -0.2) is 17.5 Å². The van der Waals surface area contributed by atoms with Crippen molar-refractivity contribution in [1.29, 1.82) is 0 Å². The van der Waals surface area contributed by atoms with E-state index in [1.807, 2.05) is 0 Å². The lowest BCUT2D eigenvalue weighted by molar-refractivity contribution is -0.123. The van der Waals surface area contributed by atoms with Crippen molar-refractivity contribution in [2.24, 2.45) is 11.8 Å². The quantitative estimate of drug-likeness (QED) is 0.512. The van der Waals surface area contributed by atoms with Gasteiger partial charge in [0.05, 0.1) is 0 Å². The van der Waals surface area contributed by atoms with Gasteiger partial charge >= 0.3 is 0 Å². The van der Waals surface area contributed by atoms with E-state index in [9.17, 15) is 4.79 Å². The van der Waals surface area contributed by atoms with Crippen molar-refractivity contribution in [1.82, 2.24) is 5.43 Å². The minimum Gasteiger partial charge on any atom is -0.354 e. The average Bonchev–Trinajstić information content (AvgIpc) is 2.42. The maximum atomic E-state index is 12.5. The summed E-state index contributed by atoms with van der Waals surface area (Å²) < 4.78 is 0. The van der Waals surface area contributed by atoms with Crippen LogP contribution in [0.4, 0.5) is 5.69 Å². The van der Waals surface area contributed by atoms with Gasteiger partial charge in [0.25, 0.3) is 5.91 Å². The predicted octanol–water partition coefficient (Wildman–Crippen LogP) is 3.10. The third-order valence-corrected chi connectivity index (χ3v) is 4.82. The Morgan fingerprint density at radius 2 is 2.05 bits per heavy atom. The second-order valence-corrected chi connectivity index (χ2v) is 7.50. The number of hydrogen-bond acceptors (Lipinski definition) is 3. The SMILES string of the molecule is Cc1cccc2c1N([C@@H](C(=O)NN)C(C)C)C(C)(C)C[C@@H]2C. The molecule has 0 unspecified atom stereocenters. The highest BCUT2D eigenvalue weighted by atomic mass is 16.2. The molecule has 1 aliphatic heterocycles. The molecule has 0 aliphatic carbocycles. The minimum absolute atomic E-state index is 0.0972. The van der Waals surface area contributed by atoms with Crippen molar-refractivity contribution in [3.8, 4) is 0 Å². The smallest absolute Gasteiger partial charge is 0.256 e. The van der Waals surface area contributed by atoms with Gasteiger partial charge in [0, 0.05) is 11.2 Å². The predicted molar refractivity (Wildman–Crippen MR) is 91.7 cm³/mol. The molecule has 2 atom stereocenters. The normalized spacial score (nSPS) is 21.5. The van der Waals surface area contributed by atoms with Crippen LogP contribution in [0.15, 0.2) is 18.2 Å². The summed E-state index contributed by atoms with van der Waals surface area (Å²) in [6.45, 7) is 13.0. The van der Waals surface area contributed by atoms with Crippen molar-refractivity contribution in [2.45, 2.75) is 65.5 Å². The molecule has 0 spiro atoms. The zero-order chi connectivity index (χ0) is 16.7. The summed E-state index contributed by atoms with van der Waals surface area (Å²) >= 11 is 0. The third-order valence-electron chi connectivity index (χ3n) is 4.82. The maximum absolute atomic E-state index is 12.5. The molecule has 1 aromatic carbocycles. The number of amides is 1. The van der Waals surface area contributed by atoms with E-state index in [0.29, 0.717) is 5.92 Å². The molecule has 1 aromatic rings. The van der Waals surface area contributed by atoms with Crippen LogP contribution in [0.3, 0.4) is 0 Å². The zero-order valence-corrected chi connectivity index (χ0v) is 14.6. The second kappa shape index (κ2) is 5.92. The van der Waals surface area contributed by atoms with E-state index >= 15 is 0 Å². The number of fused-ring (bicyclic) bond motifs is 1. The summed E-state index contributed by atoms with van der Waals surface area (Å²) in [5, 5.41) is 0. The zero-order valence-electron chi connectivity index (χ0n) is 14.6. The summed E-state index contributed by atoms with van der Waals surface area (Å²) in [7, 11) is 0. The molecule has 2 rings (SSSR count). The summed E-state index contributed by atoms with van der Waals surface area (Å²) in [5.74, 6) is 6.00. The molecule has 0 saturated carbocycles. The Morgan fingerprint density at radius 1 is 1.41 bits per heavy atom. The van der Waals surface area contributed by atoms with Gasteiger partial charge in [-0.05, 0) is 50.2 Å². The Bertz CT molecular complexity index is 565. The Labute approximate surface area is 134 Å². The number of nitrogens with two attached hydrogens (primary N) is 1. The van der Waals surface area contributed by atoms with E-state index in [1.54, 1.807) is 0 Å². The molecule has 22 heavy (non-hydrogen) atoms. The highest BCUT2D eigenvalue weighted by Gasteiger charge is 2.43. The summed E-state index contributed by atoms with van der Waals surface area (Å²) in [6, 6.07) is 6.14. The lowest BCUT2D eigenvalue weighted by atomic mass is 9.77. The number of aryl methyl sites for hydroxylation is 1. The van der Waals surface area contributed by atoms with Crippen LogP contribution in [0, 0.1) is 12.8 Å². The fourth-order valence-electron chi connectivity index (χ4n) is 3.99. The van der Waals surface area contributed by atoms with Gasteiger partial charge in [-0.15, -0.1) is 0 Å². The summed E-state index contributed by atoms with van der Waals surface area (Å²) in [6.07, 6.45) is 1.02. The molecular formula is C18H29N3O. The van der Waals surface area contributed by atoms with Gasteiger partial charge in [-0.1, -0.05) is 39.0 Å². The highest BCUT2D eigenvalue weighted by Crippen LogP contribution is 2.46. The van der Waals surface area contributed by atoms with Crippen LogP contribution in [0.25, 0.3) is 0 Å². The van der Waals surface area contributed by atoms with Gasteiger partial charge < -0.3 is 4.90 Å². The molecule has 0 saturated heterocycles. The number of para-hydroxylation sites is 1. The first-order chi connectivity index (χ1) is 10.2. The van der Waals surface area contributed by atoms with Gasteiger partial charge in [0.15, 0.2) is 0 Å². The van der Waals surface area contributed by atoms with E-state index in [1.165, 1.54) is 16.8 Å². The van der Waals surface area contributed by atoms with E-state index in [0.717, 1.165) is 6.42 Å². The number of benzene rings is 1. The van der Waals surface area contributed by atoms with Gasteiger partial charge in [-0.2, -0.15) is 0 Å². The van der Waals surface area contributed by atoms with Crippen molar-refractivity contribution in [3.05, 3.63) is 29.3 Å². The van der Waals surface area contributed by atoms with Crippen molar-refractivity contribution >= 4 is 11.6 Å². The van der Waals surface area contributed by atoms with Crippen LogP contribution in [0.1, 0.15) is 58.1 Å². The number of nitrogens with zero attached hydrogens (tertiary/aromatic N) is 1.